The molecule has 2 aliphatic carbocycles. The zero-order chi connectivity index (χ0) is 16.1. The summed E-state index contributed by atoms with van der Waals surface area (Å²) in [7, 11) is 3.26. The van der Waals surface area contributed by atoms with E-state index in [1.165, 1.54) is 0 Å². The molecule has 2 fully saturated rings. The Bertz CT molecular complexity index is 657. The molecular formula is C19H24O3. The van der Waals surface area contributed by atoms with Gasteiger partial charge in [-0.05, 0) is 36.3 Å². The minimum Gasteiger partial charge on any atom is -0.493 e. The Morgan fingerprint density at radius 2 is 1.91 bits per heavy atom. The normalized spacial score (nSPS) is 30.9. The van der Waals surface area contributed by atoms with Crippen molar-refractivity contribution in [3.05, 3.63) is 29.3 Å². The topological polar surface area (TPSA) is 35.5 Å². The predicted molar refractivity (Wildman–Crippen MR) is 87.1 cm³/mol. The van der Waals surface area contributed by atoms with Crippen molar-refractivity contribution in [1.29, 1.82) is 0 Å². The summed E-state index contributed by atoms with van der Waals surface area (Å²) in [4.78, 5) is 12.9. The van der Waals surface area contributed by atoms with Crippen molar-refractivity contribution < 1.29 is 14.3 Å². The van der Waals surface area contributed by atoms with E-state index in [9.17, 15) is 4.79 Å². The van der Waals surface area contributed by atoms with Gasteiger partial charge in [-0.25, -0.2) is 0 Å². The van der Waals surface area contributed by atoms with Crippen LogP contribution in [0.4, 0.5) is 0 Å². The number of hydrogen-bond donors (Lipinski definition) is 0. The molecule has 0 amide bonds. The molecule has 3 heteroatoms. The van der Waals surface area contributed by atoms with Crippen LogP contribution in [0.5, 0.6) is 11.5 Å². The average molecular weight is 300 g/mol. The van der Waals surface area contributed by atoms with E-state index < -0.39 is 0 Å². The number of carbonyl (C=O) groups excluding carboxylic acids is 1. The summed E-state index contributed by atoms with van der Waals surface area (Å²) in [6.07, 6.45) is 4.10. The van der Waals surface area contributed by atoms with Crippen LogP contribution in [0.3, 0.4) is 0 Å². The number of rotatable bonds is 3. The molecule has 3 rings (SSSR count). The Hall–Kier alpha value is -1.77. The van der Waals surface area contributed by atoms with Gasteiger partial charge in [0.15, 0.2) is 17.3 Å². The Morgan fingerprint density at radius 1 is 1.18 bits per heavy atom. The van der Waals surface area contributed by atoms with Crippen LogP contribution in [-0.4, -0.2) is 20.0 Å². The fourth-order valence-corrected chi connectivity index (χ4v) is 4.29. The van der Waals surface area contributed by atoms with Gasteiger partial charge in [0.2, 0.25) is 0 Å². The lowest BCUT2D eigenvalue weighted by atomic mass is 9.70. The number of para-hydroxylation sites is 1. The smallest absolute Gasteiger partial charge is 0.167 e. The average Bonchev–Trinajstić information content (AvgIpc) is 2.81. The van der Waals surface area contributed by atoms with Gasteiger partial charge in [-0.1, -0.05) is 32.9 Å². The third kappa shape index (κ3) is 1.77. The number of methoxy groups -OCH3 is 2. The number of fused-ring (bicyclic) bond motifs is 2. The zero-order valence-corrected chi connectivity index (χ0v) is 14.0. The van der Waals surface area contributed by atoms with E-state index in [1.807, 2.05) is 24.3 Å². The van der Waals surface area contributed by atoms with Crippen molar-refractivity contribution in [1.82, 2.24) is 0 Å². The molecule has 2 unspecified atom stereocenters. The summed E-state index contributed by atoms with van der Waals surface area (Å²) in [5, 5.41) is 0. The highest BCUT2D eigenvalue weighted by atomic mass is 16.5. The van der Waals surface area contributed by atoms with Gasteiger partial charge in [0.25, 0.3) is 0 Å². The van der Waals surface area contributed by atoms with Crippen molar-refractivity contribution in [2.75, 3.05) is 14.2 Å². The van der Waals surface area contributed by atoms with Gasteiger partial charge in [-0.3, -0.25) is 4.79 Å². The molecule has 3 nitrogen and oxygen atoms in total. The lowest BCUT2D eigenvalue weighted by Crippen LogP contribution is -2.32. The lowest BCUT2D eigenvalue weighted by Gasteiger charge is -2.31. The Kier molecular flexibility index (Phi) is 3.35. The lowest BCUT2D eigenvalue weighted by molar-refractivity contribution is -0.125. The molecule has 2 atom stereocenters. The van der Waals surface area contributed by atoms with E-state index in [4.69, 9.17) is 9.47 Å². The fraction of sp³-hybridized carbons (Fsp3) is 0.526. The van der Waals surface area contributed by atoms with Crippen LogP contribution in [0.15, 0.2) is 23.8 Å². The van der Waals surface area contributed by atoms with Crippen LogP contribution in [0, 0.1) is 16.7 Å². The summed E-state index contributed by atoms with van der Waals surface area (Å²) in [5.41, 5.74) is 1.67. The molecule has 1 aromatic rings. The van der Waals surface area contributed by atoms with Gasteiger partial charge >= 0.3 is 0 Å². The molecular weight excluding hydrogens is 276 g/mol. The standard InChI is InChI=1S/C19H24O3/c1-18(2)14-9-10-19(18,3)17(20)13(14)11-12-7-6-8-15(21-4)16(12)22-5/h6-8,11,14H,9-10H2,1-5H3. The van der Waals surface area contributed by atoms with Gasteiger partial charge in [0, 0.05) is 16.6 Å². The molecule has 118 valence electrons. The minimum absolute atomic E-state index is 0.0298. The van der Waals surface area contributed by atoms with Crippen LogP contribution in [-0.2, 0) is 4.79 Å². The van der Waals surface area contributed by atoms with E-state index in [2.05, 4.69) is 20.8 Å². The van der Waals surface area contributed by atoms with E-state index >= 15 is 0 Å². The SMILES string of the molecule is COc1cccc(C=C2C(=O)C3(C)CCC2C3(C)C)c1OC. The summed E-state index contributed by atoms with van der Waals surface area (Å²) >= 11 is 0. The second-order valence-corrected chi connectivity index (χ2v) is 7.16. The molecule has 0 aliphatic heterocycles. The molecule has 2 saturated carbocycles. The predicted octanol–water partition coefficient (Wildman–Crippen LogP) is 4.11. The van der Waals surface area contributed by atoms with Crippen molar-refractivity contribution in [3.8, 4) is 11.5 Å². The van der Waals surface area contributed by atoms with Crippen molar-refractivity contribution in [3.63, 3.8) is 0 Å². The van der Waals surface area contributed by atoms with Crippen molar-refractivity contribution >= 4 is 11.9 Å². The molecule has 1 aromatic carbocycles. The molecule has 0 spiro atoms. The molecule has 2 aliphatic rings. The number of hydrogen-bond acceptors (Lipinski definition) is 3. The monoisotopic (exact) mass is 300 g/mol. The maximum Gasteiger partial charge on any atom is 0.167 e. The van der Waals surface area contributed by atoms with Gasteiger partial charge in [0.05, 0.1) is 14.2 Å². The highest BCUT2D eigenvalue weighted by Gasteiger charge is 2.63. The van der Waals surface area contributed by atoms with Crippen LogP contribution >= 0.6 is 0 Å². The first-order valence-corrected chi connectivity index (χ1v) is 7.84. The molecule has 0 saturated heterocycles. The van der Waals surface area contributed by atoms with E-state index in [0.717, 1.165) is 24.0 Å². The number of allylic oxidation sites excluding steroid dienone is 1. The Labute approximate surface area is 132 Å². The quantitative estimate of drug-likeness (QED) is 0.788. The summed E-state index contributed by atoms with van der Waals surface area (Å²) in [5.74, 6) is 2.02. The number of ether oxygens (including phenoxy) is 2. The maximum absolute atomic E-state index is 12.9. The molecule has 2 bridgehead atoms. The Morgan fingerprint density at radius 3 is 2.45 bits per heavy atom. The first-order valence-electron chi connectivity index (χ1n) is 7.84. The molecule has 0 heterocycles. The van der Waals surface area contributed by atoms with Crippen molar-refractivity contribution in [2.45, 2.75) is 33.6 Å². The number of carbonyl (C=O) groups is 1. The molecule has 0 radical (unpaired) electrons. The van der Waals surface area contributed by atoms with Crippen molar-refractivity contribution in [2.24, 2.45) is 16.7 Å². The fourth-order valence-electron chi connectivity index (χ4n) is 4.29. The van der Waals surface area contributed by atoms with Gasteiger partial charge in [0.1, 0.15) is 0 Å². The first kappa shape index (κ1) is 15.1. The van der Waals surface area contributed by atoms with E-state index in [0.29, 0.717) is 23.2 Å². The van der Waals surface area contributed by atoms with Crippen LogP contribution in [0.1, 0.15) is 39.2 Å². The third-order valence-electron chi connectivity index (χ3n) is 6.11. The zero-order valence-electron chi connectivity index (χ0n) is 14.0. The first-order chi connectivity index (χ1) is 10.4. The summed E-state index contributed by atoms with van der Waals surface area (Å²) in [6, 6.07) is 5.77. The van der Waals surface area contributed by atoms with E-state index in [-0.39, 0.29) is 10.8 Å². The van der Waals surface area contributed by atoms with Gasteiger partial charge in [-0.15, -0.1) is 0 Å². The number of Topliss-reactive ketones (excluding diaryl/α,β-unsaturated/α-hetero) is 1. The highest BCUT2D eigenvalue weighted by molar-refractivity contribution is 6.08. The largest absolute Gasteiger partial charge is 0.493 e. The summed E-state index contributed by atoms with van der Waals surface area (Å²) in [6.45, 7) is 6.58. The molecule has 0 N–H and O–H groups in total. The van der Waals surface area contributed by atoms with Gasteiger partial charge in [-0.2, -0.15) is 0 Å². The number of benzene rings is 1. The minimum atomic E-state index is -0.227. The second kappa shape index (κ2) is 4.87. The van der Waals surface area contributed by atoms with Crippen LogP contribution in [0.2, 0.25) is 0 Å². The summed E-state index contributed by atoms with van der Waals surface area (Å²) < 4.78 is 10.8. The van der Waals surface area contributed by atoms with Crippen LogP contribution < -0.4 is 9.47 Å². The Balaban J connectivity index is 2.10. The van der Waals surface area contributed by atoms with E-state index in [1.54, 1.807) is 14.2 Å². The maximum atomic E-state index is 12.9. The third-order valence-corrected chi connectivity index (χ3v) is 6.11. The number of ketones is 1. The second-order valence-electron chi connectivity index (χ2n) is 7.16. The molecule has 22 heavy (non-hydrogen) atoms. The van der Waals surface area contributed by atoms with Gasteiger partial charge < -0.3 is 9.47 Å². The van der Waals surface area contributed by atoms with Crippen LogP contribution in [0.25, 0.3) is 6.08 Å². The highest BCUT2D eigenvalue weighted by Crippen LogP contribution is 2.65. The molecule has 0 aromatic heterocycles.